The van der Waals surface area contributed by atoms with Gasteiger partial charge in [-0.15, -0.1) is 0 Å². The normalized spacial score (nSPS) is 21.5. The Morgan fingerprint density at radius 1 is 1.16 bits per heavy atom. The van der Waals surface area contributed by atoms with Crippen molar-refractivity contribution in [2.24, 2.45) is 11.8 Å². The zero-order valence-electron chi connectivity index (χ0n) is 16.0. The molecule has 5 rings (SSSR count). The Balaban J connectivity index is 0.00000136. The number of fused-ring (bicyclic) bond motifs is 2. The average molecular weight is 419 g/mol. The van der Waals surface area contributed by atoms with Crippen molar-refractivity contribution in [3.05, 3.63) is 65.6 Å². The highest BCUT2D eigenvalue weighted by atomic mass is 16.2. The minimum Gasteiger partial charge on any atom is -0.338 e. The molecular weight excluding hydrogens is 388 g/mol. The minimum atomic E-state index is 0. The van der Waals surface area contributed by atoms with Gasteiger partial charge >= 0.3 is 0 Å². The van der Waals surface area contributed by atoms with Crippen LogP contribution in [0.15, 0.2) is 48.9 Å². The largest absolute Gasteiger partial charge is 0.338 e. The van der Waals surface area contributed by atoms with E-state index in [1.807, 2.05) is 29.4 Å². The smallest absolute Gasteiger partial charge is 0.246 e. The number of amides is 2. The van der Waals surface area contributed by atoms with Crippen molar-refractivity contribution in [2.75, 3.05) is 18.4 Å². The summed E-state index contributed by atoms with van der Waals surface area (Å²) in [5.74, 6) is 1.62. The van der Waals surface area contributed by atoms with Gasteiger partial charge in [0.15, 0.2) is 0 Å². The second kappa shape index (κ2) is 9.25. The number of aryl methyl sites for hydroxylation is 1. The van der Waals surface area contributed by atoms with Gasteiger partial charge in [-0.2, -0.15) is 0 Å². The first-order chi connectivity index (χ1) is 14.2. The molecule has 1 saturated heterocycles. The average Bonchev–Trinajstić information content (AvgIpc) is 3.32. The number of likely N-dealkylation sites (tertiary alicyclic amines) is 1. The molecule has 4 heterocycles. The third-order valence-electron chi connectivity index (χ3n) is 6.04. The standard InChI is InChI=1S/C23H22N4O2.2CH4/c28-21-3-2-17-9-15(12-25-23(17)26-21)1-4-22(29)27-13-19-10-18(11-20(19)14-27)16-5-7-24-8-6-16;;/h1,4-10,12,19-20H,2-3,11,13-14H2,(H,25,26,28);2*1H4/b4-1+;;/t19-,20+;;/m0../s1. The van der Waals surface area contributed by atoms with Crippen LogP contribution in [0.25, 0.3) is 11.6 Å². The number of aromatic nitrogens is 2. The van der Waals surface area contributed by atoms with Gasteiger partial charge in [0.05, 0.1) is 0 Å². The fourth-order valence-electron chi connectivity index (χ4n) is 4.51. The van der Waals surface area contributed by atoms with Crippen LogP contribution in [0, 0.1) is 11.8 Å². The number of nitrogens with one attached hydrogen (secondary N) is 1. The molecule has 1 fully saturated rings. The van der Waals surface area contributed by atoms with E-state index in [1.54, 1.807) is 12.3 Å². The summed E-state index contributed by atoms with van der Waals surface area (Å²) in [5, 5.41) is 2.78. The van der Waals surface area contributed by atoms with E-state index < -0.39 is 0 Å². The van der Waals surface area contributed by atoms with E-state index >= 15 is 0 Å². The van der Waals surface area contributed by atoms with Crippen molar-refractivity contribution in [1.82, 2.24) is 14.9 Å². The van der Waals surface area contributed by atoms with Crippen LogP contribution in [-0.2, 0) is 16.0 Å². The Morgan fingerprint density at radius 3 is 2.74 bits per heavy atom. The minimum absolute atomic E-state index is 0. The van der Waals surface area contributed by atoms with E-state index in [9.17, 15) is 9.59 Å². The number of rotatable bonds is 3. The molecule has 0 bridgehead atoms. The summed E-state index contributed by atoms with van der Waals surface area (Å²) in [7, 11) is 0. The monoisotopic (exact) mass is 418 g/mol. The summed E-state index contributed by atoms with van der Waals surface area (Å²) < 4.78 is 0. The molecule has 0 radical (unpaired) electrons. The third kappa shape index (κ3) is 4.58. The molecule has 0 spiro atoms. The van der Waals surface area contributed by atoms with Crippen molar-refractivity contribution in [3.63, 3.8) is 0 Å². The maximum Gasteiger partial charge on any atom is 0.246 e. The number of anilines is 1. The zero-order chi connectivity index (χ0) is 19.8. The number of hydrogen-bond acceptors (Lipinski definition) is 4. The van der Waals surface area contributed by atoms with Crippen molar-refractivity contribution in [1.29, 1.82) is 0 Å². The molecular formula is C25H30N4O2. The third-order valence-corrected chi connectivity index (χ3v) is 6.04. The van der Waals surface area contributed by atoms with E-state index in [0.29, 0.717) is 30.5 Å². The number of pyridine rings is 2. The van der Waals surface area contributed by atoms with Crippen LogP contribution in [0.1, 0.15) is 44.4 Å². The van der Waals surface area contributed by atoms with Crippen LogP contribution in [0.2, 0.25) is 0 Å². The lowest BCUT2D eigenvalue weighted by molar-refractivity contribution is -0.125. The molecule has 31 heavy (non-hydrogen) atoms. The van der Waals surface area contributed by atoms with Gasteiger partial charge in [0.25, 0.3) is 0 Å². The molecule has 2 aliphatic heterocycles. The number of carbonyl (C=O) groups is 2. The molecule has 0 aromatic carbocycles. The van der Waals surface area contributed by atoms with E-state index in [2.05, 4.69) is 33.5 Å². The Bertz CT molecular complexity index is 1030. The maximum atomic E-state index is 12.7. The van der Waals surface area contributed by atoms with Crippen LogP contribution in [-0.4, -0.2) is 39.8 Å². The van der Waals surface area contributed by atoms with Crippen molar-refractivity contribution >= 4 is 29.3 Å². The van der Waals surface area contributed by atoms with Gasteiger partial charge in [-0.25, -0.2) is 4.98 Å². The van der Waals surface area contributed by atoms with Crippen molar-refractivity contribution < 1.29 is 9.59 Å². The van der Waals surface area contributed by atoms with Crippen LogP contribution in [0.5, 0.6) is 0 Å². The van der Waals surface area contributed by atoms with Gasteiger partial charge in [-0.1, -0.05) is 20.9 Å². The molecule has 162 valence electrons. The summed E-state index contributed by atoms with van der Waals surface area (Å²) in [4.78, 5) is 34.4. The summed E-state index contributed by atoms with van der Waals surface area (Å²) in [6.45, 7) is 1.57. The van der Waals surface area contributed by atoms with Gasteiger partial charge in [-0.05, 0) is 71.2 Å². The van der Waals surface area contributed by atoms with Gasteiger partial charge in [0.2, 0.25) is 11.8 Å². The fourth-order valence-corrected chi connectivity index (χ4v) is 4.51. The highest BCUT2D eigenvalue weighted by molar-refractivity contribution is 5.94. The molecule has 6 heteroatoms. The molecule has 2 aromatic rings. The molecule has 2 aromatic heterocycles. The van der Waals surface area contributed by atoms with Crippen molar-refractivity contribution in [2.45, 2.75) is 34.1 Å². The van der Waals surface area contributed by atoms with E-state index in [1.165, 1.54) is 11.1 Å². The predicted molar refractivity (Wildman–Crippen MR) is 124 cm³/mol. The first-order valence-corrected chi connectivity index (χ1v) is 10.0. The molecule has 0 saturated carbocycles. The Kier molecular flexibility index (Phi) is 6.68. The van der Waals surface area contributed by atoms with Gasteiger partial charge in [0.1, 0.15) is 5.82 Å². The number of carbonyl (C=O) groups excluding carboxylic acids is 2. The van der Waals surface area contributed by atoms with Crippen LogP contribution < -0.4 is 5.32 Å². The number of nitrogens with zero attached hydrogens (tertiary/aromatic N) is 3. The lowest BCUT2D eigenvalue weighted by Gasteiger charge is -2.16. The lowest BCUT2D eigenvalue weighted by atomic mass is 9.99. The lowest BCUT2D eigenvalue weighted by Crippen LogP contribution is -2.27. The molecule has 6 nitrogen and oxygen atoms in total. The molecule has 0 unspecified atom stereocenters. The number of hydrogen-bond donors (Lipinski definition) is 1. The van der Waals surface area contributed by atoms with E-state index in [0.717, 1.165) is 30.6 Å². The van der Waals surface area contributed by atoms with E-state index in [4.69, 9.17) is 0 Å². The summed E-state index contributed by atoms with van der Waals surface area (Å²) in [6, 6.07) is 6.10. The second-order valence-electron chi connectivity index (χ2n) is 7.96. The maximum absolute atomic E-state index is 12.7. The van der Waals surface area contributed by atoms with Crippen LogP contribution >= 0.6 is 0 Å². The molecule has 1 aliphatic carbocycles. The Morgan fingerprint density at radius 2 is 1.97 bits per heavy atom. The van der Waals surface area contributed by atoms with Gasteiger partial charge < -0.3 is 10.2 Å². The van der Waals surface area contributed by atoms with E-state index in [-0.39, 0.29) is 26.7 Å². The quantitative estimate of drug-likeness (QED) is 0.758. The van der Waals surface area contributed by atoms with Crippen LogP contribution in [0.4, 0.5) is 5.82 Å². The summed E-state index contributed by atoms with van der Waals surface area (Å²) in [5.41, 5.74) is 4.51. The zero-order valence-corrected chi connectivity index (χ0v) is 16.0. The molecule has 2 atom stereocenters. The van der Waals surface area contributed by atoms with Crippen molar-refractivity contribution in [3.8, 4) is 0 Å². The fraction of sp³-hybridized carbons (Fsp3) is 0.360. The molecule has 2 amide bonds. The number of allylic oxidation sites excluding steroid dienone is 1. The summed E-state index contributed by atoms with van der Waals surface area (Å²) >= 11 is 0. The molecule has 3 aliphatic rings. The van der Waals surface area contributed by atoms with Gasteiger partial charge in [0, 0.05) is 44.2 Å². The second-order valence-corrected chi connectivity index (χ2v) is 7.96. The van der Waals surface area contributed by atoms with Gasteiger partial charge in [-0.3, -0.25) is 14.6 Å². The molecule has 1 N–H and O–H groups in total. The SMILES string of the molecule is C.C.O=C1CCc2cc(/C=C/C(=O)N3C[C@H]4CC(c5ccncc5)=C[C@H]4C3)cnc2N1. The first kappa shape index (κ1) is 22.4. The highest BCUT2D eigenvalue weighted by Gasteiger charge is 2.37. The highest BCUT2D eigenvalue weighted by Crippen LogP contribution is 2.40. The summed E-state index contributed by atoms with van der Waals surface area (Å²) in [6.07, 6.45) is 13.3. The first-order valence-electron chi connectivity index (χ1n) is 10.0. The van der Waals surface area contributed by atoms with Crippen LogP contribution in [0.3, 0.4) is 0 Å². The predicted octanol–water partition coefficient (Wildman–Crippen LogP) is 4.21. The Labute approximate surface area is 184 Å². The Hall–Kier alpha value is -3.28. The topological polar surface area (TPSA) is 75.2 Å².